The maximum Gasteiger partial charge on any atom is 0.243 e. The second-order valence-corrected chi connectivity index (χ2v) is 6.07. The van der Waals surface area contributed by atoms with E-state index in [-0.39, 0.29) is 36.4 Å². The van der Waals surface area contributed by atoms with Gasteiger partial charge in [0, 0.05) is 19.3 Å². The van der Waals surface area contributed by atoms with Crippen molar-refractivity contribution in [1.29, 1.82) is 0 Å². The first kappa shape index (κ1) is 20.2. The van der Waals surface area contributed by atoms with Crippen LogP contribution in [0.3, 0.4) is 0 Å². The molecule has 1 amide bonds. The molecule has 0 saturated carbocycles. The quantitative estimate of drug-likeness (QED) is 0.368. The normalized spacial score (nSPS) is 16.0. The number of aliphatic imine (C=N–C) groups is 1. The first-order valence-electron chi connectivity index (χ1n) is 8.48. The van der Waals surface area contributed by atoms with E-state index in [9.17, 15) is 4.79 Å². The van der Waals surface area contributed by atoms with Crippen LogP contribution in [0.5, 0.6) is 0 Å². The van der Waals surface area contributed by atoms with Crippen molar-refractivity contribution < 1.29 is 4.79 Å². The molecule has 1 aromatic carbocycles. The Balaban J connectivity index is 0.00000243. The van der Waals surface area contributed by atoms with Gasteiger partial charge >= 0.3 is 0 Å². The number of guanidine groups is 1. The zero-order chi connectivity index (χ0) is 17.5. The second-order valence-electron chi connectivity index (χ2n) is 6.07. The largest absolute Gasteiger partial charge is 0.353 e. The minimum absolute atomic E-state index is 0. The van der Waals surface area contributed by atoms with E-state index < -0.39 is 0 Å². The summed E-state index contributed by atoms with van der Waals surface area (Å²) in [6, 6.07) is 12.5. The Kier molecular flexibility index (Phi) is 7.83. The molecule has 0 bridgehead atoms. The van der Waals surface area contributed by atoms with Crippen LogP contribution in [-0.4, -0.2) is 36.5 Å². The van der Waals surface area contributed by atoms with Gasteiger partial charge in [-0.1, -0.05) is 24.3 Å². The summed E-state index contributed by atoms with van der Waals surface area (Å²) >= 11 is 0. The third-order valence-corrected chi connectivity index (χ3v) is 4.27. The van der Waals surface area contributed by atoms with E-state index in [4.69, 9.17) is 0 Å². The SMILES string of the molecule is CN=C(NCC(=O)Nc1cccnc1)NC1CCc2ccccc2C1.I. The van der Waals surface area contributed by atoms with Gasteiger partial charge in [-0.15, -0.1) is 24.0 Å². The second kappa shape index (κ2) is 10.1. The number of amides is 1. The summed E-state index contributed by atoms with van der Waals surface area (Å²) in [4.78, 5) is 20.2. The monoisotopic (exact) mass is 465 g/mol. The number of carbonyl (C=O) groups is 1. The average Bonchev–Trinajstić information content (AvgIpc) is 2.65. The van der Waals surface area contributed by atoms with Gasteiger partial charge in [-0.25, -0.2) is 0 Å². The summed E-state index contributed by atoms with van der Waals surface area (Å²) in [5.41, 5.74) is 3.50. The molecule has 0 fully saturated rings. The molecule has 1 aromatic heterocycles. The van der Waals surface area contributed by atoms with E-state index in [1.807, 2.05) is 0 Å². The lowest BCUT2D eigenvalue weighted by atomic mass is 9.88. The summed E-state index contributed by atoms with van der Waals surface area (Å²) in [5.74, 6) is 0.510. The van der Waals surface area contributed by atoms with Crippen molar-refractivity contribution in [1.82, 2.24) is 15.6 Å². The Morgan fingerprint density at radius 1 is 1.23 bits per heavy atom. The number of carbonyl (C=O) groups excluding carboxylic acids is 1. The van der Waals surface area contributed by atoms with Gasteiger partial charge in [-0.2, -0.15) is 0 Å². The van der Waals surface area contributed by atoms with Crippen LogP contribution >= 0.6 is 24.0 Å². The molecule has 26 heavy (non-hydrogen) atoms. The standard InChI is InChI=1S/C19H23N5O.HI/c1-20-19(22-13-18(25)23-17-7-4-10-21-12-17)24-16-9-8-14-5-2-3-6-15(14)11-16;/h2-7,10,12,16H,8-9,11,13H2,1H3,(H,23,25)(H2,20,22,24);1H. The smallest absolute Gasteiger partial charge is 0.243 e. The van der Waals surface area contributed by atoms with Crippen LogP contribution in [0.2, 0.25) is 0 Å². The van der Waals surface area contributed by atoms with E-state index in [0.29, 0.717) is 17.7 Å². The number of rotatable bonds is 4. The van der Waals surface area contributed by atoms with Gasteiger partial charge in [-0.05, 0) is 42.5 Å². The Morgan fingerprint density at radius 3 is 2.77 bits per heavy atom. The van der Waals surface area contributed by atoms with E-state index in [1.54, 1.807) is 31.6 Å². The summed E-state index contributed by atoms with van der Waals surface area (Å²) < 4.78 is 0. The van der Waals surface area contributed by atoms with E-state index in [0.717, 1.165) is 19.3 Å². The molecule has 0 saturated heterocycles. The number of hydrogen-bond acceptors (Lipinski definition) is 3. The number of anilines is 1. The number of aromatic nitrogens is 1. The highest BCUT2D eigenvalue weighted by Gasteiger charge is 2.19. The maximum absolute atomic E-state index is 12.0. The number of nitrogens with one attached hydrogen (secondary N) is 3. The molecule has 0 spiro atoms. The molecule has 7 heteroatoms. The molecule has 1 aliphatic carbocycles. The number of aryl methyl sites for hydroxylation is 1. The number of benzene rings is 1. The van der Waals surface area contributed by atoms with Gasteiger partial charge in [-0.3, -0.25) is 14.8 Å². The summed E-state index contributed by atoms with van der Waals surface area (Å²) in [6.45, 7) is 0.151. The van der Waals surface area contributed by atoms with Gasteiger partial charge in [0.1, 0.15) is 0 Å². The van der Waals surface area contributed by atoms with Crippen molar-refractivity contribution >= 4 is 41.5 Å². The van der Waals surface area contributed by atoms with Crippen molar-refractivity contribution in [2.75, 3.05) is 18.9 Å². The molecule has 3 N–H and O–H groups in total. The zero-order valence-corrected chi connectivity index (χ0v) is 17.1. The summed E-state index contributed by atoms with van der Waals surface area (Å²) in [7, 11) is 1.71. The fourth-order valence-corrected chi connectivity index (χ4v) is 3.01. The van der Waals surface area contributed by atoms with Crippen LogP contribution in [0.1, 0.15) is 17.5 Å². The predicted octanol–water partition coefficient (Wildman–Crippen LogP) is 2.36. The highest BCUT2D eigenvalue weighted by molar-refractivity contribution is 14.0. The maximum atomic E-state index is 12.0. The van der Waals surface area contributed by atoms with Gasteiger partial charge in [0.15, 0.2) is 5.96 Å². The molecule has 1 heterocycles. The Morgan fingerprint density at radius 2 is 2.04 bits per heavy atom. The average molecular weight is 465 g/mol. The highest BCUT2D eigenvalue weighted by Crippen LogP contribution is 2.20. The lowest BCUT2D eigenvalue weighted by Gasteiger charge is -2.27. The number of fused-ring (bicyclic) bond motifs is 1. The molecular formula is C19H24IN5O. The molecule has 1 aliphatic rings. The van der Waals surface area contributed by atoms with Crippen LogP contribution in [0.4, 0.5) is 5.69 Å². The number of halogens is 1. The Bertz CT molecular complexity index is 751. The molecule has 0 aliphatic heterocycles. The van der Waals surface area contributed by atoms with Crippen LogP contribution in [0.15, 0.2) is 53.8 Å². The van der Waals surface area contributed by atoms with Crippen molar-refractivity contribution in [3.63, 3.8) is 0 Å². The lowest BCUT2D eigenvalue weighted by Crippen LogP contribution is -2.47. The number of pyridine rings is 1. The van der Waals surface area contributed by atoms with Gasteiger partial charge < -0.3 is 16.0 Å². The lowest BCUT2D eigenvalue weighted by molar-refractivity contribution is -0.115. The number of nitrogens with zero attached hydrogens (tertiary/aromatic N) is 2. The van der Waals surface area contributed by atoms with Crippen molar-refractivity contribution in [2.24, 2.45) is 4.99 Å². The third-order valence-electron chi connectivity index (χ3n) is 4.27. The van der Waals surface area contributed by atoms with Crippen LogP contribution in [0.25, 0.3) is 0 Å². The minimum Gasteiger partial charge on any atom is -0.353 e. The first-order valence-corrected chi connectivity index (χ1v) is 8.48. The van der Waals surface area contributed by atoms with Crippen molar-refractivity contribution in [3.8, 4) is 0 Å². The number of hydrogen-bond donors (Lipinski definition) is 3. The molecule has 0 radical (unpaired) electrons. The fraction of sp³-hybridized carbons (Fsp3) is 0.316. The van der Waals surface area contributed by atoms with Gasteiger partial charge in [0.25, 0.3) is 0 Å². The molecular weight excluding hydrogens is 441 g/mol. The third kappa shape index (κ3) is 5.69. The summed E-state index contributed by atoms with van der Waals surface area (Å²) in [5, 5.41) is 9.27. The molecule has 3 rings (SSSR count). The van der Waals surface area contributed by atoms with Crippen LogP contribution in [-0.2, 0) is 17.6 Å². The fourth-order valence-electron chi connectivity index (χ4n) is 3.01. The topological polar surface area (TPSA) is 78.4 Å². The van der Waals surface area contributed by atoms with Gasteiger partial charge in [0.05, 0.1) is 18.4 Å². The summed E-state index contributed by atoms with van der Waals surface area (Å²) in [6.07, 6.45) is 6.37. The van der Waals surface area contributed by atoms with E-state index >= 15 is 0 Å². The minimum atomic E-state index is -0.134. The highest BCUT2D eigenvalue weighted by atomic mass is 127. The molecule has 6 nitrogen and oxygen atoms in total. The van der Waals surface area contributed by atoms with E-state index in [2.05, 4.69) is 50.2 Å². The van der Waals surface area contributed by atoms with E-state index in [1.165, 1.54) is 11.1 Å². The van der Waals surface area contributed by atoms with Crippen LogP contribution in [0, 0.1) is 0 Å². The first-order chi connectivity index (χ1) is 12.2. The Labute approximate surface area is 170 Å². The molecule has 138 valence electrons. The molecule has 1 atom stereocenters. The van der Waals surface area contributed by atoms with Gasteiger partial charge in [0.2, 0.25) is 5.91 Å². The Hall–Kier alpha value is -2.16. The zero-order valence-electron chi connectivity index (χ0n) is 14.7. The van der Waals surface area contributed by atoms with Crippen molar-refractivity contribution in [3.05, 3.63) is 59.9 Å². The van der Waals surface area contributed by atoms with Crippen LogP contribution < -0.4 is 16.0 Å². The molecule has 2 aromatic rings. The predicted molar refractivity (Wildman–Crippen MR) is 115 cm³/mol. The van der Waals surface area contributed by atoms with Crippen molar-refractivity contribution in [2.45, 2.75) is 25.3 Å². The molecule has 1 unspecified atom stereocenters.